The van der Waals surface area contributed by atoms with E-state index in [1.807, 2.05) is 6.20 Å². The van der Waals surface area contributed by atoms with Gasteiger partial charge in [0.15, 0.2) is 0 Å². The Morgan fingerprint density at radius 2 is 1.67 bits per heavy atom. The first-order valence-corrected chi connectivity index (χ1v) is 9.33. The van der Waals surface area contributed by atoms with Crippen LogP contribution in [-0.2, 0) is 0 Å². The van der Waals surface area contributed by atoms with Crippen molar-refractivity contribution in [1.82, 2.24) is 4.98 Å². The van der Waals surface area contributed by atoms with E-state index in [9.17, 15) is 0 Å². The van der Waals surface area contributed by atoms with Crippen LogP contribution in [0.5, 0.6) is 0 Å². The summed E-state index contributed by atoms with van der Waals surface area (Å²) in [4.78, 5) is 4.59. The number of hydrogen-bond donors (Lipinski definition) is 0. The topological polar surface area (TPSA) is 12.9 Å². The fourth-order valence-electron chi connectivity index (χ4n) is 1.76. The Morgan fingerprint density at radius 3 is 2.27 bits per heavy atom. The SMILES string of the molecule is C[Si](C)(C)c1ncc(Br)c2ccccc12. The third kappa shape index (κ3) is 1.99. The molecule has 0 atom stereocenters. The summed E-state index contributed by atoms with van der Waals surface area (Å²) in [5.74, 6) is 0. The Kier molecular flexibility index (Phi) is 2.69. The van der Waals surface area contributed by atoms with Crippen molar-refractivity contribution in [3.63, 3.8) is 0 Å². The van der Waals surface area contributed by atoms with E-state index in [0.717, 1.165) is 4.47 Å². The lowest BCUT2D eigenvalue weighted by Gasteiger charge is -2.18. The van der Waals surface area contributed by atoms with Gasteiger partial charge in [-0.25, -0.2) is 0 Å². The second kappa shape index (κ2) is 3.72. The summed E-state index contributed by atoms with van der Waals surface area (Å²) < 4.78 is 1.08. The molecular weight excluding hydrogens is 266 g/mol. The summed E-state index contributed by atoms with van der Waals surface area (Å²) in [5.41, 5.74) is 0. The molecule has 1 aromatic carbocycles. The average molecular weight is 280 g/mol. The molecule has 2 aromatic rings. The molecule has 0 bridgehead atoms. The first-order chi connectivity index (χ1) is 7.00. The molecule has 0 radical (unpaired) electrons. The van der Waals surface area contributed by atoms with Crippen molar-refractivity contribution in [3.8, 4) is 0 Å². The van der Waals surface area contributed by atoms with Crippen molar-refractivity contribution in [2.45, 2.75) is 19.6 Å². The minimum Gasteiger partial charge on any atom is -0.264 e. The van der Waals surface area contributed by atoms with Gasteiger partial charge in [0.2, 0.25) is 0 Å². The van der Waals surface area contributed by atoms with Gasteiger partial charge in [-0.15, -0.1) is 0 Å². The van der Waals surface area contributed by atoms with Crippen molar-refractivity contribution >= 4 is 40.1 Å². The average Bonchev–Trinajstić information content (AvgIpc) is 2.17. The van der Waals surface area contributed by atoms with Gasteiger partial charge in [0.25, 0.3) is 0 Å². The predicted molar refractivity (Wildman–Crippen MR) is 72.4 cm³/mol. The third-order valence-corrected chi connectivity index (χ3v) is 4.91. The number of rotatable bonds is 1. The molecule has 0 spiro atoms. The quantitative estimate of drug-likeness (QED) is 0.728. The largest absolute Gasteiger partial charge is 0.264 e. The molecule has 15 heavy (non-hydrogen) atoms. The molecule has 1 aromatic heterocycles. The van der Waals surface area contributed by atoms with Crippen molar-refractivity contribution in [2.75, 3.05) is 0 Å². The van der Waals surface area contributed by atoms with Crippen LogP contribution < -0.4 is 5.32 Å². The van der Waals surface area contributed by atoms with Gasteiger partial charge in [-0.3, -0.25) is 4.98 Å². The first kappa shape index (κ1) is 10.8. The number of halogens is 1. The summed E-state index contributed by atoms with van der Waals surface area (Å²) in [5, 5.41) is 3.86. The predicted octanol–water partition coefficient (Wildman–Crippen LogP) is 3.54. The van der Waals surface area contributed by atoms with Crippen LogP contribution in [0.15, 0.2) is 34.9 Å². The molecule has 0 aliphatic carbocycles. The summed E-state index contributed by atoms with van der Waals surface area (Å²) in [7, 11) is -1.35. The number of benzene rings is 1. The van der Waals surface area contributed by atoms with Crippen LogP contribution in [0.4, 0.5) is 0 Å². The molecule has 0 amide bonds. The fraction of sp³-hybridized carbons (Fsp3) is 0.250. The second-order valence-corrected chi connectivity index (χ2v) is 10.6. The lowest BCUT2D eigenvalue weighted by molar-refractivity contribution is 1.37. The molecule has 0 saturated carbocycles. The molecule has 1 nitrogen and oxygen atoms in total. The maximum Gasteiger partial charge on any atom is 0.102 e. The molecular formula is C12H14BrNSi. The molecule has 0 N–H and O–H groups in total. The van der Waals surface area contributed by atoms with E-state index in [0.29, 0.717) is 0 Å². The molecule has 3 heteroatoms. The van der Waals surface area contributed by atoms with Crippen LogP contribution in [0.2, 0.25) is 19.6 Å². The van der Waals surface area contributed by atoms with Crippen molar-refractivity contribution in [2.24, 2.45) is 0 Å². The minimum absolute atomic E-state index is 1.08. The van der Waals surface area contributed by atoms with Gasteiger partial charge in [-0.1, -0.05) is 43.9 Å². The van der Waals surface area contributed by atoms with Gasteiger partial charge < -0.3 is 0 Å². The molecule has 78 valence electrons. The van der Waals surface area contributed by atoms with Crippen LogP contribution in [0.3, 0.4) is 0 Å². The monoisotopic (exact) mass is 279 g/mol. The van der Waals surface area contributed by atoms with Gasteiger partial charge in [-0.05, 0) is 26.7 Å². The van der Waals surface area contributed by atoms with E-state index >= 15 is 0 Å². The number of fused-ring (bicyclic) bond motifs is 1. The van der Waals surface area contributed by atoms with Gasteiger partial charge in [0.1, 0.15) is 8.07 Å². The Labute approximate surface area is 99.7 Å². The maximum absolute atomic E-state index is 4.59. The highest BCUT2D eigenvalue weighted by atomic mass is 79.9. The zero-order valence-corrected chi connectivity index (χ0v) is 11.8. The number of pyridine rings is 1. The maximum atomic E-state index is 4.59. The Bertz CT molecular complexity index is 502. The Hall–Kier alpha value is -0.673. The van der Waals surface area contributed by atoms with Crippen molar-refractivity contribution in [3.05, 3.63) is 34.9 Å². The Morgan fingerprint density at radius 1 is 1.07 bits per heavy atom. The summed E-state index contributed by atoms with van der Waals surface area (Å²) in [6.07, 6.45) is 1.93. The minimum atomic E-state index is -1.35. The van der Waals surface area contributed by atoms with E-state index in [1.165, 1.54) is 16.1 Å². The highest BCUT2D eigenvalue weighted by Crippen LogP contribution is 2.22. The van der Waals surface area contributed by atoms with E-state index < -0.39 is 8.07 Å². The summed E-state index contributed by atoms with van der Waals surface area (Å²) >= 11 is 3.55. The van der Waals surface area contributed by atoms with Gasteiger partial charge in [0.05, 0.1) is 0 Å². The Balaban J connectivity index is 2.84. The van der Waals surface area contributed by atoms with E-state index in [-0.39, 0.29) is 0 Å². The van der Waals surface area contributed by atoms with Crippen molar-refractivity contribution in [1.29, 1.82) is 0 Å². The number of nitrogens with zero attached hydrogens (tertiary/aromatic N) is 1. The standard InChI is InChI=1S/C12H14BrNSi/c1-15(2,3)12-10-7-5-4-6-9(10)11(13)8-14-12/h4-8H,1-3H3. The van der Waals surface area contributed by atoms with Crippen LogP contribution in [-0.4, -0.2) is 13.1 Å². The first-order valence-electron chi connectivity index (χ1n) is 5.04. The van der Waals surface area contributed by atoms with Crippen LogP contribution in [0.25, 0.3) is 10.8 Å². The summed E-state index contributed by atoms with van der Waals surface area (Å²) in [6.45, 7) is 6.99. The molecule has 0 aliphatic heterocycles. The van der Waals surface area contributed by atoms with E-state index in [1.54, 1.807) is 0 Å². The lowest BCUT2D eigenvalue weighted by Crippen LogP contribution is -2.40. The van der Waals surface area contributed by atoms with E-state index in [4.69, 9.17) is 0 Å². The summed E-state index contributed by atoms with van der Waals surface area (Å²) in [6, 6.07) is 8.46. The smallest absolute Gasteiger partial charge is 0.102 e. The molecule has 0 saturated heterocycles. The van der Waals surface area contributed by atoms with Gasteiger partial charge in [-0.2, -0.15) is 0 Å². The molecule has 1 heterocycles. The van der Waals surface area contributed by atoms with Gasteiger partial charge in [0, 0.05) is 16.0 Å². The van der Waals surface area contributed by atoms with Gasteiger partial charge >= 0.3 is 0 Å². The third-order valence-electron chi connectivity index (χ3n) is 2.46. The molecule has 0 aliphatic rings. The van der Waals surface area contributed by atoms with Crippen LogP contribution >= 0.6 is 15.9 Å². The zero-order valence-electron chi connectivity index (χ0n) is 9.21. The number of hydrogen-bond acceptors (Lipinski definition) is 1. The molecule has 0 fully saturated rings. The normalized spacial score (nSPS) is 12.0. The van der Waals surface area contributed by atoms with Crippen molar-refractivity contribution < 1.29 is 0 Å². The van der Waals surface area contributed by atoms with Crippen LogP contribution in [0.1, 0.15) is 0 Å². The van der Waals surface area contributed by atoms with E-state index in [2.05, 4.69) is 64.8 Å². The highest BCUT2D eigenvalue weighted by Gasteiger charge is 2.21. The second-order valence-electron chi connectivity index (χ2n) is 4.75. The fourth-order valence-corrected chi connectivity index (χ4v) is 3.68. The lowest BCUT2D eigenvalue weighted by atomic mass is 10.2. The molecule has 2 rings (SSSR count). The highest BCUT2D eigenvalue weighted by molar-refractivity contribution is 9.10. The molecule has 0 unspecified atom stereocenters. The van der Waals surface area contributed by atoms with Crippen LogP contribution in [0, 0.1) is 0 Å². The number of aromatic nitrogens is 1. The zero-order chi connectivity index (χ0) is 11.1.